The fourth-order valence-corrected chi connectivity index (χ4v) is 4.85. The van der Waals surface area contributed by atoms with Crippen LogP contribution in [0.5, 0.6) is 0 Å². The molecule has 34 heavy (non-hydrogen) atoms. The van der Waals surface area contributed by atoms with Gasteiger partial charge in [0.15, 0.2) is 0 Å². The highest BCUT2D eigenvalue weighted by atomic mass is 32.2. The van der Waals surface area contributed by atoms with Gasteiger partial charge in [0.2, 0.25) is 5.95 Å². The van der Waals surface area contributed by atoms with Crippen LogP contribution < -0.4 is 0 Å². The molecule has 0 radical (unpaired) electrons. The van der Waals surface area contributed by atoms with Crippen LogP contribution in [0, 0.1) is 0 Å². The Labute approximate surface area is 199 Å². The van der Waals surface area contributed by atoms with Gasteiger partial charge in [0, 0.05) is 54.4 Å². The zero-order chi connectivity index (χ0) is 23.7. The molecule has 174 valence electrons. The Kier molecular flexibility index (Phi) is 6.23. The number of morpholine rings is 1. The zero-order valence-electron chi connectivity index (χ0n) is 18.7. The topological polar surface area (TPSA) is 97.6 Å². The molecule has 2 aromatic carbocycles. The molecule has 8 nitrogen and oxygen atoms in total. The lowest BCUT2D eigenvalue weighted by molar-refractivity contribution is 0.0303. The minimum absolute atomic E-state index is 0.0371. The second-order valence-electron chi connectivity index (χ2n) is 8.08. The summed E-state index contributed by atoms with van der Waals surface area (Å²) in [5.74, 6) is 0.358. The van der Waals surface area contributed by atoms with Crippen LogP contribution in [-0.4, -0.2) is 67.2 Å². The summed E-state index contributed by atoms with van der Waals surface area (Å²) < 4.78 is 19.5. The minimum atomic E-state index is -1.23. The van der Waals surface area contributed by atoms with E-state index in [-0.39, 0.29) is 12.5 Å². The van der Waals surface area contributed by atoms with Crippen LogP contribution in [-0.2, 0) is 22.1 Å². The lowest BCUT2D eigenvalue weighted by Crippen LogP contribution is -2.40. The molecule has 0 spiro atoms. The van der Waals surface area contributed by atoms with Crippen molar-refractivity contribution in [2.45, 2.75) is 11.5 Å². The molecule has 1 aliphatic heterocycles. The Hall–Kier alpha value is -3.40. The molecule has 4 aromatic rings. The van der Waals surface area contributed by atoms with Gasteiger partial charge in [-0.25, -0.2) is 9.97 Å². The van der Waals surface area contributed by atoms with Gasteiger partial charge in [0.25, 0.3) is 5.91 Å². The van der Waals surface area contributed by atoms with Gasteiger partial charge in [-0.15, -0.1) is 0 Å². The van der Waals surface area contributed by atoms with E-state index in [1.165, 1.54) is 0 Å². The summed E-state index contributed by atoms with van der Waals surface area (Å²) in [5, 5.41) is 10.2. The van der Waals surface area contributed by atoms with E-state index in [2.05, 4.69) is 9.97 Å². The first-order chi connectivity index (χ1) is 16.5. The summed E-state index contributed by atoms with van der Waals surface area (Å²) in [7, 11) is -1.23. The van der Waals surface area contributed by atoms with Crippen LogP contribution in [0.15, 0.2) is 66.0 Å². The Morgan fingerprint density at radius 2 is 1.85 bits per heavy atom. The van der Waals surface area contributed by atoms with Crippen molar-refractivity contribution in [1.29, 1.82) is 0 Å². The van der Waals surface area contributed by atoms with Crippen LogP contribution in [0.25, 0.3) is 28.0 Å². The van der Waals surface area contributed by atoms with Gasteiger partial charge in [-0.05, 0) is 29.3 Å². The summed E-state index contributed by atoms with van der Waals surface area (Å²) in [6.07, 6.45) is 6.83. The van der Waals surface area contributed by atoms with E-state index in [0.29, 0.717) is 42.7 Å². The Balaban J connectivity index is 1.55. The number of hydrogen-bond acceptors (Lipinski definition) is 6. The predicted octanol–water partition coefficient (Wildman–Crippen LogP) is 2.79. The molecule has 5 rings (SSSR count). The Morgan fingerprint density at radius 3 is 2.56 bits per heavy atom. The molecular formula is C25H24N4O4S. The maximum Gasteiger partial charge on any atom is 0.254 e. The molecular weight excluding hydrogens is 452 g/mol. The van der Waals surface area contributed by atoms with Crippen LogP contribution in [0.1, 0.15) is 15.9 Å². The van der Waals surface area contributed by atoms with Gasteiger partial charge in [0.05, 0.1) is 41.0 Å². The first-order valence-electron chi connectivity index (χ1n) is 10.9. The first-order valence-corrected chi connectivity index (χ1v) is 12.5. The number of rotatable bonds is 5. The SMILES string of the molecule is CS(=O)c1cn(-c2ncc(-c3cccc(CO)c3)cn2)c2cc(C(=O)N3CCOCC3)ccc12. The minimum Gasteiger partial charge on any atom is -0.392 e. The van der Waals surface area contributed by atoms with E-state index >= 15 is 0 Å². The lowest BCUT2D eigenvalue weighted by atomic mass is 10.1. The fourth-order valence-electron chi connectivity index (χ4n) is 4.12. The van der Waals surface area contributed by atoms with E-state index < -0.39 is 10.8 Å². The van der Waals surface area contributed by atoms with Crippen LogP contribution in [0.4, 0.5) is 0 Å². The largest absolute Gasteiger partial charge is 0.392 e. The average Bonchev–Trinajstić information content (AvgIpc) is 3.28. The van der Waals surface area contributed by atoms with Gasteiger partial charge in [-0.2, -0.15) is 0 Å². The van der Waals surface area contributed by atoms with Crippen molar-refractivity contribution in [3.05, 3.63) is 72.2 Å². The number of ether oxygens (including phenoxy) is 1. The quantitative estimate of drug-likeness (QED) is 0.476. The third-order valence-electron chi connectivity index (χ3n) is 5.92. The summed E-state index contributed by atoms with van der Waals surface area (Å²) in [6.45, 7) is 2.15. The van der Waals surface area contributed by atoms with Crippen LogP contribution in [0.3, 0.4) is 0 Å². The van der Waals surface area contributed by atoms with Gasteiger partial charge in [0.1, 0.15) is 0 Å². The van der Waals surface area contributed by atoms with E-state index in [1.807, 2.05) is 36.4 Å². The fraction of sp³-hybridized carbons (Fsp3) is 0.240. The molecule has 1 saturated heterocycles. The number of aliphatic hydroxyl groups is 1. The average molecular weight is 477 g/mol. The Bertz CT molecular complexity index is 1380. The standard InChI is InChI=1S/C25H24N4O4S/c1-34(32)23-15-29(25-26-13-20(14-27-25)18-4-2-3-17(11-18)16-30)22-12-19(5-6-21(22)23)24(31)28-7-9-33-10-8-28/h2-6,11-15,30H,7-10,16H2,1H3. The number of carbonyl (C=O) groups is 1. The normalized spacial score (nSPS) is 14.9. The molecule has 0 bridgehead atoms. The number of nitrogens with zero attached hydrogens (tertiary/aromatic N) is 4. The smallest absolute Gasteiger partial charge is 0.254 e. The van der Waals surface area contributed by atoms with E-state index in [1.54, 1.807) is 40.4 Å². The van der Waals surface area contributed by atoms with Gasteiger partial charge in [-0.3, -0.25) is 13.6 Å². The molecule has 1 N–H and O–H groups in total. The van der Waals surface area contributed by atoms with Crippen molar-refractivity contribution < 1.29 is 18.8 Å². The number of benzene rings is 2. The Morgan fingerprint density at radius 1 is 1.09 bits per heavy atom. The van der Waals surface area contributed by atoms with Crippen molar-refractivity contribution in [3.63, 3.8) is 0 Å². The highest BCUT2D eigenvalue weighted by Gasteiger charge is 2.21. The number of carbonyl (C=O) groups excluding carboxylic acids is 1. The van der Waals surface area contributed by atoms with Crippen molar-refractivity contribution >= 4 is 27.6 Å². The highest BCUT2D eigenvalue weighted by molar-refractivity contribution is 7.84. The number of fused-ring (bicyclic) bond motifs is 1. The van der Waals surface area contributed by atoms with Crippen LogP contribution in [0.2, 0.25) is 0 Å². The molecule has 1 fully saturated rings. The number of aliphatic hydroxyl groups excluding tert-OH is 1. The second kappa shape index (κ2) is 9.46. The third-order valence-corrected chi connectivity index (χ3v) is 6.87. The maximum absolute atomic E-state index is 13.0. The van der Waals surface area contributed by atoms with Crippen molar-refractivity contribution in [1.82, 2.24) is 19.4 Å². The zero-order valence-corrected chi connectivity index (χ0v) is 19.5. The summed E-state index contributed by atoms with van der Waals surface area (Å²) in [4.78, 5) is 24.6. The summed E-state index contributed by atoms with van der Waals surface area (Å²) >= 11 is 0. The predicted molar refractivity (Wildman–Crippen MR) is 129 cm³/mol. The van der Waals surface area contributed by atoms with Crippen molar-refractivity contribution in [2.75, 3.05) is 32.6 Å². The van der Waals surface area contributed by atoms with E-state index in [0.717, 1.165) is 27.6 Å². The molecule has 3 heterocycles. The molecule has 0 saturated carbocycles. The summed E-state index contributed by atoms with van der Waals surface area (Å²) in [5.41, 5.74) is 3.81. The number of aromatic nitrogens is 3. The number of amides is 1. The molecule has 1 unspecified atom stereocenters. The van der Waals surface area contributed by atoms with Gasteiger partial charge >= 0.3 is 0 Å². The van der Waals surface area contributed by atoms with Crippen molar-refractivity contribution in [3.8, 4) is 17.1 Å². The monoisotopic (exact) mass is 476 g/mol. The second-order valence-corrected chi connectivity index (χ2v) is 9.43. The van der Waals surface area contributed by atoms with E-state index in [4.69, 9.17) is 4.74 Å². The molecule has 0 aliphatic carbocycles. The summed E-state index contributed by atoms with van der Waals surface area (Å²) in [6, 6.07) is 13.0. The lowest BCUT2D eigenvalue weighted by Gasteiger charge is -2.26. The van der Waals surface area contributed by atoms with Crippen LogP contribution >= 0.6 is 0 Å². The maximum atomic E-state index is 13.0. The highest BCUT2D eigenvalue weighted by Crippen LogP contribution is 2.28. The van der Waals surface area contributed by atoms with Gasteiger partial charge < -0.3 is 14.7 Å². The molecule has 2 aromatic heterocycles. The first kappa shape index (κ1) is 22.4. The third kappa shape index (κ3) is 4.25. The van der Waals surface area contributed by atoms with Crippen molar-refractivity contribution in [2.24, 2.45) is 0 Å². The van der Waals surface area contributed by atoms with E-state index in [9.17, 15) is 14.1 Å². The molecule has 1 amide bonds. The molecule has 9 heteroatoms. The molecule has 1 atom stereocenters. The number of hydrogen-bond donors (Lipinski definition) is 1. The molecule has 1 aliphatic rings. The van der Waals surface area contributed by atoms with Gasteiger partial charge in [-0.1, -0.05) is 24.3 Å².